The summed E-state index contributed by atoms with van der Waals surface area (Å²) in [7, 11) is 0. The van der Waals surface area contributed by atoms with Crippen LogP contribution in [0.15, 0.2) is 29.1 Å². The highest BCUT2D eigenvalue weighted by Crippen LogP contribution is 2.15. The first-order chi connectivity index (χ1) is 10.1. The van der Waals surface area contributed by atoms with E-state index in [4.69, 9.17) is 5.11 Å². The smallest absolute Gasteiger partial charge is 0.335 e. The van der Waals surface area contributed by atoms with E-state index in [0.29, 0.717) is 13.0 Å². The minimum absolute atomic E-state index is 0.0776. The second-order valence-corrected chi connectivity index (χ2v) is 4.83. The van der Waals surface area contributed by atoms with Gasteiger partial charge in [-0.3, -0.25) is 0 Å². The fourth-order valence-corrected chi connectivity index (χ4v) is 2.17. The van der Waals surface area contributed by atoms with Gasteiger partial charge in [0.05, 0.1) is 22.5 Å². The van der Waals surface area contributed by atoms with Crippen LogP contribution < -0.4 is 10.6 Å². The number of nitrogens with one attached hydrogen (secondary N) is 2. The summed E-state index contributed by atoms with van der Waals surface area (Å²) in [4.78, 5) is 26.3. The van der Waals surface area contributed by atoms with Gasteiger partial charge in [0.2, 0.25) is 0 Å². The first-order valence-electron chi connectivity index (χ1n) is 6.01. The molecule has 110 valence electrons. The Kier molecular flexibility index (Phi) is 4.83. The molecule has 1 aromatic carbocycles. The number of halogens is 1. The van der Waals surface area contributed by atoms with Gasteiger partial charge in [-0.2, -0.15) is 0 Å². The van der Waals surface area contributed by atoms with Crippen LogP contribution in [0, 0.1) is 5.82 Å². The van der Waals surface area contributed by atoms with Crippen molar-refractivity contribution < 1.29 is 19.1 Å². The van der Waals surface area contributed by atoms with E-state index in [9.17, 15) is 14.0 Å². The Labute approximate surface area is 123 Å². The molecule has 0 fully saturated rings. The number of carboxylic acid groups (broad SMARTS) is 1. The second-order valence-electron chi connectivity index (χ2n) is 4.11. The molecule has 0 aliphatic carbocycles. The molecule has 0 atom stereocenters. The number of thiazole rings is 1. The van der Waals surface area contributed by atoms with Gasteiger partial charge in [-0.1, -0.05) is 0 Å². The van der Waals surface area contributed by atoms with Crippen LogP contribution in [0.3, 0.4) is 0 Å². The number of aromatic carboxylic acids is 1. The van der Waals surface area contributed by atoms with Gasteiger partial charge in [0.1, 0.15) is 5.82 Å². The predicted molar refractivity (Wildman–Crippen MR) is 76.2 cm³/mol. The summed E-state index contributed by atoms with van der Waals surface area (Å²) < 4.78 is 13.6. The van der Waals surface area contributed by atoms with Gasteiger partial charge in [-0.25, -0.2) is 19.0 Å². The Morgan fingerprint density at radius 1 is 1.38 bits per heavy atom. The number of hydrogen-bond donors (Lipinski definition) is 3. The number of benzene rings is 1. The number of rotatable bonds is 5. The van der Waals surface area contributed by atoms with E-state index >= 15 is 0 Å². The lowest BCUT2D eigenvalue weighted by Crippen LogP contribution is -2.30. The molecule has 2 rings (SSSR count). The van der Waals surface area contributed by atoms with Gasteiger partial charge in [-0.05, 0) is 18.2 Å². The summed E-state index contributed by atoms with van der Waals surface area (Å²) >= 11 is 1.47. The highest BCUT2D eigenvalue weighted by Gasteiger charge is 2.10. The monoisotopic (exact) mass is 309 g/mol. The minimum atomic E-state index is -1.23. The number of carboxylic acids is 1. The highest BCUT2D eigenvalue weighted by molar-refractivity contribution is 7.07. The van der Waals surface area contributed by atoms with Crippen molar-refractivity contribution in [1.82, 2.24) is 10.3 Å². The molecule has 1 aromatic heterocycles. The molecule has 0 saturated carbocycles. The quantitative estimate of drug-likeness (QED) is 0.790. The molecular formula is C13H12FN3O3S. The molecule has 0 aliphatic heterocycles. The first kappa shape index (κ1) is 14.9. The fraction of sp³-hybridized carbons (Fsp3) is 0.154. The van der Waals surface area contributed by atoms with Crippen molar-refractivity contribution in [2.24, 2.45) is 0 Å². The zero-order chi connectivity index (χ0) is 15.2. The average Bonchev–Trinajstić information content (AvgIpc) is 2.94. The molecular weight excluding hydrogens is 297 g/mol. The maximum Gasteiger partial charge on any atom is 0.335 e. The molecule has 0 bridgehead atoms. The molecule has 1 heterocycles. The van der Waals surface area contributed by atoms with Crippen LogP contribution in [0.25, 0.3) is 0 Å². The van der Waals surface area contributed by atoms with E-state index < -0.39 is 17.8 Å². The zero-order valence-electron chi connectivity index (χ0n) is 10.8. The molecule has 0 unspecified atom stereocenters. The molecule has 0 spiro atoms. The Balaban J connectivity index is 1.86. The standard InChI is InChI=1S/C13H12FN3O3S/c14-10-5-8(12(18)19)1-2-11(10)17-13(20)15-4-3-9-6-21-7-16-9/h1-2,5-7H,3-4H2,(H,18,19)(H2,15,17,20). The van der Waals surface area contributed by atoms with Gasteiger partial charge < -0.3 is 15.7 Å². The lowest BCUT2D eigenvalue weighted by molar-refractivity contribution is 0.0696. The largest absolute Gasteiger partial charge is 0.478 e. The van der Waals surface area contributed by atoms with Crippen molar-refractivity contribution in [3.8, 4) is 0 Å². The summed E-state index contributed by atoms with van der Waals surface area (Å²) in [6, 6.07) is 2.72. The molecule has 0 aliphatic rings. The number of hydrogen-bond acceptors (Lipinski definition) is 4. The SMILES string of the molecule is O=C(NCCc1cscn1)Nc1ccc(C(=O)O)cc1F. The third-order valence-electron chi connectivity index (χ3n) is 2.61. The number of carbonyl (C=O) groups is 2. The Morgan fingerprint density at radius 2 is 2.19 bits per heavy atom. The third-order valence-corrected chi connectivity index (χ3v) is 3.25. The number of anilines is 1. The third kappa shape index (κ3) is 4.25. The predicted octanol–water partition coefficient (Wildman–Crippen LogP) is 2.34. The van der Waals surface area contributed by atoms with Crippen molar-refractivity contribution in [1.29, 1.82) is 0 Å². The van der Waals surface area contributed by atoms with Crippen molar-refractivity contribution in [3.63, 3.8) is 0 Å². The summed E-state index contributed by atoms with van der Waals surface area (Å²) in [6.45, 7) is 0.365. The van der Waals surface area contributed by atoms with Crippen LogP contribution in [0.2, 0.25) is 0 Å². The molecule has 6 nitrogen and oxygen atoms in total. The molecule has 0 radical (unpaired) electrons. The van der Waals surface area contributed by atoms with Gasteiger partial charge in [0.15, 0.2) is 0 Å². The van der Waals surface area contributed by atoms with E-state index in [-0.39, 0.29) is 11.3 Å². The van der Waals surface area contributed by atoms with E-state index in [0.717, 1.165) is 11.8 Å². The molecule has 8 heteroatoms. The van der Waals surface area contributed by atoms with E-state index in [1.54, 1.807) is 5.51 Å². The van der Waals surface area contributed by atoms with E-state index in [1.807, 2.05) is 5.38 Å². The second kappa shape index (κ2) is 6.80. The van der Waals surface area contributed by atoms with Crippen LogP contribution >= 0.6 is 11.3 Å². The molecule has 2 aromatic rings. The van der Waals surface area contributed by atoms with Gasteiger partial charge >= 0.3 is 12.0 Å². The Hall–Kier alpha value is -2.48. The summed E-state index contributed by atoms with van der Waals surface area (Å²) in [6.07, 6.45) is 0.581. The number of urea groups is 1. The number of amides is 2. The molecule has 2 amide bonds. The van der Waals surface area contributed by atoms with Gasteiger partial charge in [0.25, 0.3) is 0 Å². The van der Waals surface area contributed by atoms with Crippen molar-refractivity contribution in [2.75, 3.05) is 11.9 Å². The average molecular weight is 309 g/mol. The number of nitrogens with zero attached hydrogens (tertiary/aromatic N) is 1. The van der Waals surface area contributed by atoms with Crippen LogP contribution in [-0.2, 0) is 6.42 Å². The minimum Gasteiger partial charge on any atom is -0.478 e. The van der Waals surface area contributed by atoms with Crippen LogP contribution in [-0.4, -0.2) is 28.6 Å². The normalized spacial score (nSPS) is 10.1. The van der Waals surface area contributed by atoms with Crippen molar-refractivity contribution in [3.05, 3.63) is 46.2 Å². The Bertz CT molecular complexity index is 646. The first-order valence-corrected chi connectivity index (χ1v) is 6.95. The van der Waals surface area contributed by atoms with Crippen LogP contribution in [0.4, 0.5) is 14.9 Å². The topological polar surface area (TPSA) is 91.3 Å². The van der Waals surface area contributed by atoms with E-state index in [2.05, 4.69) is 15.6 Å². The summed E-state index contributed by atoms with van der Waals surface area (Å²) in [5.41, 5.74) is 2.32. The maximum atomic E-state index is 13.6. The lowest BCUT2D eigenvalue weighted by Gasteiger charge is -2.08. The number of aromatic nitrogens is 1. The summed E-state index contributed by atoms with van der Waals surface area (Å²) in [5.74, 6) is -2.03. The van der Waals surface area contributed by atoms with Gasteiger partial charge in [0, 0.05) is 18.3 Å². The zero-order valence-corrected chi connectivity index (χ0v) is 11.6. The van der Waals surface area contributed by atoms with Crippen LogP contribution in [0.1, 0.15) is 16.1 Å². The lowest BCUT2D eigenvalue weighted by atomic mass is 10.2. The molecule has 21 heavy (non-hydrogen) atoms. The summed E-state index contributed by atoms with van der Waals surface area (Å²) in [5, 5.41) is 15.5. The van der Waals surface area contributed by atoms with Crippen LogP contribution in [0.5, 0.6) is 0 Å². The number of carbonyl (C=O) groups excluding carboxylic acids is 1. The molecule has 3 N–H and O–H groups in total. The fourth-order valence-electron chi connectivity index (χ4n) is 1.58. The Morgan fingerprint density at radius 3 is 2.81 bits per heavy atom. The molecule has 0 saturated heterocycles. The van der Waals surface area contributed by atoms with Gasteiger partial charge in [-0.15, -0.1) is 11.3 Å². The van der Waals surface area contributed by atoms with E-state index in [1.165, 1.54) is 23.5 Å². The van der Waals surface area contributed by atoms with Crippen molar-refractivity contribution >= 4 is 29.0 Å². The highest BCUT2D eigenvalue weighted by atomic mass is 32.1. The maximum absolute atomic E-state index is 13.6. The van der Waals surface area contributed by atoms with Crippen molar-refractivity contribution in [2.45, 2.75) is 6.42 Å².